The Balaban J connectivity index is 1.66. The van der Waals surface area contributed by atoms with Crippen LogP contribution in [0.1, 0.15) is 37.2 Å². The Labute approximate surface area is 131 Å². The Hall–Kier alpha value is -1.53. The second kappa shape index (κ2) is 6.30. The Morgan fingerprint density at radius 3 is 2.68 bits per heavy atom. The molecular formula is C16H24N4O2. The average Bonchev–Trinajstić information content (AvgIpc) is 2.55. The second-order valence-electron chi connectivity index (χ2n) is 6.48. The molecule has 0 atom stereocenters. The largest absolute Gasteiger partial charge is 0.371 e. The first-order valence-corrected chi connectivity index (χ1v) is 8.03. The Morgan fingerprint density at radius 1 is 1.27 bits per heavy atom. The molecule has 3 rings (SSSR count). The molecule has 0 N–H and O–H groups in total. The zero-order chi connectivity index (χ0) is 15.6. The SMILES string of the molecule is CC(C)N1CCC2(CC1)CN(C(=O)c1cnccn1)CCO2. The van der Waals surface area contributed by atoms with E-state index >= 15 is 0 Å². The summed E-state index contributed by atoms with van der Waals surface area (Å²) in [6.45, 7) is 8.41. The first-order chi connectivity index (χ1) is 10.6. The standard InChI is InChI=1S/C16H24N4O2/c1-13(2)19-7-3-16(4-8-19)12-20(9-10-22-16)15(21)14-11-17-5-6-18-14/h5-6,11,13H,3-4,7-10,12H2,1-2H3. The molecule has 0 unspecified atom stereocenters. The maximum Gasteiger partial charge on any atom is 0.274 e. The minimum atomic E-state index is -0.179. The van der Waals surface area contributed by atoms with Gasteiger partial charge in [-0.05, 0) is 26.7 Å². The van der Waals surface area contributed by atoms with Crippen molar-refractivity contribution in [3.8, 4) is 0 Å². The second-order valence-corrected chi connectivity index (χ2v) is 6.48. The number of amides is 1. The summed E-state index contributed by atoms with van der Waals surface area (Å²) in [4.78, 5) is 25.0. The molecule has 1 amide bonds. The van der Waals surface area contributed by atoms with Crippen LogP contribution in [0.3, 0.4) is 0 Å². The molecule has 3 heterocycles. The Bertz CT molecular complexity index is 512. The minimum absolute atomic E-state index is 0.0398. The Kier molecular flexibility index (Phi) is 4.40. The van der Waals surface area contributed by atoms with Crippen LogP contribution in [0.5, 0.6) is 0 Å². The monoisotopic (exact) mass is 304 g/mol. The normalized spacial score (nSPS) is 22.2. The van der Waals surface area contributed by atoms with Crippen molar-refractivity contribution in [3.05, 3.63) is 24.3 Å². The van der Waals surface area contributed by atoms with Crippen molar-refractivity contribution in [2.45, 2.75) is 38.3 Å². The van der Waals surface area contributed by atoms with Gasteiger partial charge in [-0.3, -0.25) is 9.78 Å². The van der Waals surface area contributed by atoms with Gasteiger partial charge in [0, 0.05) is 38.1 Å². The Morgan fingerprint density at radius 2 is 2.05 bits per heavy atom. The van der Waals surface area contributed by atoms with E-state index in [4.69, 9.17) is 4.74 Å². The highest BCUT2D eigenvalue weighted by Gasteiger charge is 2.41. The first-order valence-electron chi connectivity index (χ1n) is 8.03. The van der Waals surface area contributed by atoms with Crippen LogP contribution in [-0.4, -0.2) is 70.1 Å². The van der Waals surface area contributed by atoms with E-state index in [1.807, 2.05) is 4.90 Å². The summed E-state index contributed by atoms with van der Waals surface area (Å²) in [5.41, 5.74) is 0.237. The number of morpholine rings is 1. The van der Waals surface area contributed by atoms with Crippen LogP contribution in [0.25, 0.3) is 0 Å². The van der Waals surface area contributed by atoms with Gasteiger partial charge in [-0.2, -0.15) is 0 Å². The summed E-state index contributed by atoms with van der Waals surface area (Å²) in [6.07, 6.45) is 6.64. The van der Waals surface area contributed by atoms with Crippen molar-refractivity contribution in [3.63, 3.8) is 0 Å². The van der Waals surface area contributed by atoms with Crippen molar-refractivity contribution in [1.82, 2.24) is 19.8 Å². The summed E-state index contributed by atoms with van der Waals surface area (Å²) < 4.78 is 6.09. The van der Waals surface area contributed by atoms with Crippen LogP contribution in [-0.2, 0) is 4.74 Å². The quantitative estimate of drug-likeness (QED) is 0.821. The van der Waals surface area contributed by atoms with Gasteiger partial charge in [0.05, 0.1) is 24.9 Å². The molecule has 6 heteroatoms. The van der Waals surface area contributed by atoms with Gasteiger partial charge >= 0.3 is 0 Å². The maximum absolute atomic E-state index is 12.6. The van der Waals surface area contributed by atoms with Gasteiger partial charge < -0.3 is 14.5 Å². The van der Waals surface area contributed by atoms with E-state index in [1.165, 1.54) is 6.20 Å². The number of rotatable bonds is 2. The summed E-state index contributed by atoms with van der Waals surface area (Å²) in [5, 5.41) is 0. The summed E-state index contributed by atoms with van der Waals surface area (Å²) in [6, 6.07) is 0.568. The number of ether oxygens (including phenoxy) is 1. The molecule has 2 aliphatic heterocycles. The van der Waals surface area contributed by atoms with Crippen molar-refractivity contribution in [1.29, 1.82) is 0 Å². The topological polar surface area (TPSA) is 58.6 Å². The number of nitrogens with zero attached hydrogens (tertiary/aromatic N) is 4. The van der Waals surface area contributed by atoms with E-state index in [0.717, 1.165) is 25.9 Å². The van der Waals surface area contributed by atoms with Crippen LogP contribution in [0, 0.1) is 0 Å². The number of hydrogen-bond donors (Lipinski definition) is 0. The number of piperidine rings is 1. The number of carbonyl (C=O) groups excluding carboxylic acids is 1. The van der Waals surface area contributed by atoms with Gasteiger partial charge in [0.15, 0.2) is 0 Å². The molecule has 0 bridgehead atoms. The van der Waals surface area contributed by atoms with Gasteiger partial charge in [-0.25, -0.2) is 4.98 Å². The summed E-state index contributed by atoms with van der Waals surface area (Å²) in [5.74, 6) is -0.0398. The van der Waals surface area contributed by atoms with Crippen molar-refractivity contribution in [2.24, 2.45) is 0 Å². The highest BCUT2D eigenvalue weighted by Crippen LogP contribution is 2.31. The number of hydrogen-bond acceptors (Lipinski definition) is 5. The molecule has 2 aliphatic rings. The van der Waals surface area contributed by atoms with Crippen LogP contribution in [0.15, 0.2) is 18.6 Å². The fraction of sp³-hybridized carbons (Fsp3) is 0.688. The van der Waals surface area contributed by atoms with E-state index < -0.39 is 0 Å². The molecule has 2 saturated heterocycles. The van der Waals surface area contributed by atoms with E-state index in [-0.39, 0.29) is 11.5 Å². The summed E-state index contributed by atoms with van der Waals surface area (Å²) in [7, 11) is 0. The zero-order valence-electron chi connectivity index (χ0n) is 13.4. The lowest BCUT2D eigenvalue weighted by molar-refractivity contribution is -0.129. The molecule has 0 saturated carbocycles. The molecule has 1 aromatic rings. The van der Waals surface area contributed by atoms with Crippen LogP contribution < -0.4 is 0 Å². The van der Waals surface area contributed by atoms with Gasteiger partial charge in [0.2, 0.25) is 0 Å². The highest BCUT2D eigenvalue weighted by molar-refractivity contribution is 5.92. The molecule has 0 aliphatic carbocycles. The molecule has 120 valence electrons. The number of likely N-dealkylation sites (tertiary alicyclic amines) is 1. The predicted molar refractivity (Wildman–Crippen MR) is 82.6 cm³/mol. The average molecular weight is 304 g/mol. The van der Waals surface area contributed by atoms with E-state index in [2.05, 4.69) is 28.7 Å². The molecule has 6 nitrogen and oxygen atoms in total. The van der Waals surface area contributed by atoms with Crippen LogP contribution in [0.4, 0.5) is 0 Å². The van der Waals surface area contributed by atoms with E-state index in [1.54, 1.807) is 12.4 Å². The number of aromatic nitrogens is 2. The lowest BCUT2D eigenvalue weighted by Crippen LogP contribution is -2.58. The van der Waals surface area contributed by atoms with Gasteiger partial charge in [-0.1, -0.05) is 0 Å². The van der Waals surface area contributed by atoms with Gasteiger partial charge in [-0.15, -0.1) is 0 Å². The molecule has 0 aromatic carbocycles. The van der Waals surface area contributed by atoms with Gasteiger partial charge in [0.25, 0.3) is 5.91 Å². The minimum Gasteiger partial charge on any atom is -0.371 e. The third-order valence-corrected chi connectivity index (χ3v) is 4.76. The van der Waals surface area contributed by atoms with Crippen molar-refractivity contribution in [2.75, 3.05) is 32.8 Å². The first kappa shape index (κ1) is 15.4. The summed E-state index contributed by atoms with van der Waals surface area (Å²) >= 11 is 0. The highest BCUT2D eigenvalue weighted by atomic mass is 16.5. The predicted octanol–water partition coefficient (Wildman–Crippen LogP) is 1.19. The molecule has 2 fully saturated rings. The smallest absolute Gasteiger partial charge is 0.274 e. The van der Waals surface area contributed by atoms with E-state index in [9.17, 15) is 4.79 Å². The number of carbonyl (C=O) groups is 1. The van der Waals surface area contributed by atoms with E-state index in [0.29, 0.717) is 31.4 Å². The van der Waals surface area contributed by atoms with Crippen molar-refractivity contribution < 1.29 is 9.53 Å². The molecule has 1 spiro atoms. The third-order valence-electron chi connectivity index (χ3n) is 4.76. The fourth-order valence-electron chi connectivity index (χ4n) is 3.34. The van der Waals surface area contributed by atoms with Gasteiger partial charge in [0.1, 0.15) is 5.69 Å². The molecule has 1 aromatic heterocycles. The fourth-order valence-corrected chi connectivity index (χ4v) is 3.34. The van der Waals surface area contributed by atoms with Crippen molar-refractivity contribution >= 4 is 5.91 Å². The molecule has 0 radical (unpaired) electrons. The molecule has 22 heavy (non-hydrogen) atoms. The lowest BCUT2D eigenvalue weighted by atomic mass is 9.88. The van der Waals surface area contributed by atoms with Crippen LogP contribution >= 0.6 is 0 Å². The maximum atomic E-state index is 12.6. The lowest BCUT2D eigenvalue weighted by Gasteiger charge is -2.48. The third kappa shape index (κ3) is 3.13. The van der Waals surface area contributed by atoms with Crippen LogP contribution in [0.2, 0.25) is 0 Å². The molecular weight excluding hydrogens is 280 g/mol. The zero-order valence-corrected chi connectivity index (χ0v) is 13.4.